The predicted molar refractivity (Wildman–Crippen MR) is 86.3 cm³/mol. The molecule has 2 heterocycles. The van der Waals surface area contributed by atoms with Gasteiger partial charge in [0.2, 0.25) is 5.91 Å². The molecule has 2 atom stereocenters. The highest BCUT2D eigenvalue weighted by Crippen LogP contribution is 2.30. The standard InChI is InChI=1S/C16H25N3OS/c1-11(2)15(21-14-9-8-12(3)17-18-14)16(20)19-10-6-5-7-13(19)4/h8-9,11,13,15H,5-7,10H2,1-4H3. The Morgan fingerprint density at radius 2 is 2.10 bits per heavy atom. The lowest BCUT2D eigenvalue weighted by molar-refractivity contribution is -0.134. The highest BCUT2D eigenvalue weighted by molar-refractivity contribution is 8.00. The van der Waals surface area contributed by atoms with E-state index in [0.29, 0.717) is 6.04 Å². The molecule has 1 aliphatic rings. The fraction of sp³-hybridized carbons (Fsp3) is 0.688. The number of hydrogen-bond donors (Lipinski definition) is 0. The molecule has 116 valence electrons. The second kappa shape index (κ2) is 7.25. The number of nitrogens with zero attached hydrogens (tertiary/aromatic N) is 3. The summed E-state index contributed by atoms with van der Waals surface area (Å²) in [5.74, 6) is 0.532. The predicted octanol–water partition coefficient (Wildman–Crippen LogP) is 3.30. The number of piperidine rings is 1. The van der Waals surface area contributed by atoms with Crippen molar-refractivity contribution in [3.05, 3.63) is 17.8 Å². The molecule has 0 aliphatic carbocycles. The van der Waals surface area contributed by atoms with Crippen LogP contribution in [-0.4, -0.2) is 38.8 Å². The third-order valence-electron chi connectivity index (χ3n) is 3.96. The van der Waals surface area contributed by atoms with Crippen molar-refractivity contribution in [2.24, 2.45) is 5.92 Å². The summed E-state index contributed by atoms with van der Waals surface area (Å²) in [4.78, 5) is 14.9. The largest absolute Gasteiger partial charge is 0.339 e. The normalized spacial score (nSPS) is 20.6. The molecule has 5 heteroatoms. The van der Waals surface area contributed by atoms with Crippen molar-refractivity contribution in [1.82, 2.24) is 15.1 Å². The van der Waals surface area contributed by atoms with Gasteiger partial charge in [0.1, 0.15) is 5.03 Å². The van der Waals surface area contributed by atoms with E-state index in [1.165, 1.54) is 6.42 Å². The molecule has 1 aliphatic heterocycles. The third kappa shape index (κ3) is 4.19. The first-order chi connectivity index (χ1) is 9.99. The molecule has 1 aromatic rings. The van der Waals surface area contributed by atoms with Crippen LogP contribution in [0.5, 0.6) is 0 Å². The first-order valence-electron chi connectivity index (χ1n) is 7.76. The Kier molecular flexibility index (Phi) is 5.62. The number of carbonyl (C=O) groups is 1. The molecule has 0 bridgehead atoms. The number of rotatable bonds is 4. The molecule has 0 N–H and O–H groups in total. The third-order valence-corrected chi connectivity index (χ3v) is 5.42. The zero-order chi connectivity index (χ0) is 15.4. The number of aromatic nitrogens is 2. The van der Waals surface area contributed by atoms with Crippen LogP contribution in [-0.2, 0) is 4.79 Å². The first kappa shape index (κ1) is 16.3. The van der Waals surface area contributed by atoms with E-state index in [4.69, 9.17) is 0 Å². The minimum atomic E-state index is -0.0810. The number of hydrogen-bond acceptors (Lipinski definition) is 4. The topological polar surface area (TPSA) is 46.1 Å². The van der Waals surface area contributed by atoms with Crippen LogP contribution < -0.4 is 0 Å². The lowest BCUT2D eigenvalue weighted by atomic mass is 10.0. The van der Waals surface area contributed by atoms with Gasteiger partial charge in [0.05, 0.1) is 10.9 Å². The monoisotopic (exact) mass is 307 g/mol. The summed E-state index contributed by atoms with van der Waals surface area (Å²) < 4.78 is 0. The highest BCUT2D eigenvalue weighted by Gasteiger charge is 2.32. The van der Waals surface area contributed by atoms with Crippen molar-refractivity contribution in [2.75, 3.05) is 6.54 Å². The van der Waals surface area contributed by atoms with Crippen LogP contribution in [0.25, 0.3) is 0 Å². The molecule has 0 aromatic carbocycles. The van der Waals surface area contributed by atoms with Gasteiger partial charge in [0, 0.05) is 12.6 Å². The van der Waals surface area contributed by atoms with E-state index < -0.39 is 0 Å². The fourth-order valence-electron chi connectivity index (χ4n) is 2.64. The van der Waals surface area contributed by atoms with Crippen molar-refractivity contribution in [3.63, 3.8) is 0 Å². The summed E-state index contributed by atoms with van der Waals surface area (Å²) in [7, 11) is 0. The smallest absolute Gasteiger partial charge is 0.236 e. The van der Waals surface area contributed by atoms with Gasteiger partial charge in [-0.15, -0.1) is 5.10 Å². The van der Waals surface area contributed by atoms with Crippen LogP contribution in [0.2, 0.25) is 0 Å². The summed E-state index contributed by atoms with van der Waals surface area (Å²) in [6.45, 7) is 9.17. The van der Waals surface area contributed by atoms with Gasteiger partial charge in [-0.3, -0.25) is 4.79 Å². The summed E-state index contributed by atoms with van der Waals surface area (Å²) in [5, 5.41) is 9.02. The van der Waals surface area contributed by atoms with Crippen molar-refractivity contribution in [2.45, 2.75) is 63.3 Å². The number of aryl methyl sites for hydroxylation is 1. The van der Waals surface area contributed by atoms with E-state index in [1.807, 2.05) is 19.1 Å². The molecule has 1 fully saturated rings. The summed E-state index contributed by atoms with van der Waals surface area (Å²) in [6.07, 6.45) is 3.47. The molecule has 0 saturated carbocycles. The van der Waals surface area contributed by atoms with Gasteiger partial charge in [-0.2, -0.15) is 5.10 Å². The zero-order valence-electron chi connectivity index (χ0n) is 13.4. The van der Waals surface area contributed by atoms with E-state index in [-0.39, 0.29) is 17.1 Å². The van der Waals surface area contributed by atoms with Crippen molar-refractivity contribution < 1.29 is 4.79 Å². The van der Waals surface area contributed by atoms with Gasteiger partial charge in [0.25, 0.3) is 0 Å². The minimum absolute atomic E-state index is 0.0810. The van der Waals surface area contributed by atoms with Crippen molar-refractivity contribution >= 4 is 17.7 Å². The van der Waals surface area contributed by atoms with Gasteiger partial charge in [-0.25, -0.2) is 0 Å². The fourth-order valence-corrected chi connectivity index (χ4v) is 3.64. The molecule has 21 heavy (non-hydrogen) atoms. The Bertz CT molecular complexity index is 475. The Morgan fingerprint density at radius 1 is 1.33 bits per heavy atom. The maximum absolute atomic E-state index is 12.9. The molecule has 0 spiro atoms. The van der Waals surface area contributed by atoms with Crippen LogP contribution >= 0.6 is 11.8 Å². The van der Waals surface area contributed by atoms with Gasteiger partial charge >= 0.3 is 0 Å². The van der Waals surface area contributed by atoms with E-state index in [9.17, 15) is 4.79 Å². The van der Waals surface area contributed by atoms with Crippen LogP contribution in [0.15, 0.2) is 17.2 Å². The Labute approximate surface area is 131 Å². The van der Waals surface area contributed by atoms with E-state index in [2.05, 4.69) is 35.9 Å². The second-order valence-corrected chi connectivity index (χ2v) is 7.33. The van der Waals surface area contributed by atoms with Crippen LogP contribution in [0, 0.1) is 12.8 Å². The zero-order valence-corrected chi connectivity index (χ0v) is 14.2. The number of amides is 1. The summed E-state index contributed by atoms with van der Waals surface area (Å²) in [6, 6.07) is 4.26. The van der Waals surface area contributed by atoms with E-state index >= 15 is 0 Å². The average molecular weight is 307 g/mol. The average Bonchev–Trinajstić information content (AvgIpc) is 2.46. The van der Waals surface area contributed by atoms with Crippen LogP contribution in [0.3, 0.4) is 0 Å². The summed E-state index contributed by atoms with van der Waals surface area (Å²) in [5.41, 5.74) is 0.899. The van der Waals surface area contributed by atoms with E-state index in [0.717, 1.165) is 30.1 Å². The molecule has 1 aromatic heterocycles. The molecule has 2 unspecified atom stereocenters. The Balaban J connectivity index is 2.10. The molecule has 2 rings (SSSR count). The lowest BCUT2D eigenvalue weighted by Crippen LogP contribution is -2.47. The minimum Gasteiger partial charge on any atom is -0.339 e. The quantitative estimate of drug-likeness (QED) is 0.801. The molecule has 0 radical (unpaired) electrons. The van der Waals surface area contributed by atoms with Gasteiger partial charge < -0.3 is 4.90 Å². The van der Waals surface area contributed by atoms with Crippen LogP contribution in [0.1, 0.15) is 45.7 Å². The maximum atomic E-state index is 12.9. The van der Waals surface area contributed by atoms with Gasteiger partial charge in [0.15, 0.2) is 0 Å². The highest BCUT2D eigenvalue weighted by atomic mass is 32.2. The van der Waals surface area contributed by atoms with Gasteiger partial charge in [-0.05, 0) is 51.2 Å². The maximum Gasteiger partial charge on any atom is 0.236 e. The van der Waals surface area contributed by atoms with E-state index in [1.54, 1.807) is 11.8 Å². The molecule has 1 saturated heterocycles. The molecule has 4 nitrogen and oxygen atoms in total. The molecular weight excluding hydrogens is 282 g/mol. The van der Waals surface area contributed by atoms with Crippen molar-refractivity contribution in [3.8, 4) is 0 Å². The lowest BCUT2D eigenvalue weighted by Gasteiger charge is -2.36. The number of carbonyl (C=O) groups excluding carboxylic acids is 1. The SMILES string of the molecule is Cc1ccc(SC(C(=O)N2CCCCC2C)C(C)C)nn1. The summed E-state index contributed by atoms with van der Waals surface area (Å²) >= 11 is 1.54. The van der Waals surface area contributed by atoms with Crippen molar-refractivity contribution in [1.29, 1.82) is 0 Å². The number of thioether (sulfide) groups is 1. The Morgan fingerprint density at radius 3 is 2.67 bits per heavy atom. The molecular formula is C16H25N3OS. The Hall–Kier alpha value is -1.10. The second-order valence-electron chi connectivity index (χ2n) is 6.17. The van der Waals surface area contributed by atoms with Crippen LogP contribution in [0.4, 0.5) is 0 Å². The molecule has 1 amide bonds. The van der Waals surface area contributed by atoms with Gasteiger partial charge in [-0.1, -0.05) is 25.6 Å². The first-order valence-corrected chi connectivity index (χ1v) is 8.64. The number of likely N-dealkylation sites (tertiary alicyclic amines) is 1.